The van der Waals surface area contributed by atoms with E-state index in [1.165, 1.54) is 25.1 Å². The Kier molecular flexibility index (Phi) is 9.66. The number of alkyl halides is 3. The number of carbonyl (C=O) groups is 1. The minimum atomic E-state index is -5.08. The third-order valence-corrected chi connectivity index (χ3v) is 6.99. The molecule has 0 saturated carbocycles. The summed E-state index contributed by atoms with van der Waals surface area (Å²) in [5.74, 6) is -1.57. The van der Waals surface area contributed by atoms with Gasteiger partial charge in [0.2, 0.25) is 10.0 Å². The van der Waals surface area contributed by atoms with Crippen molar-refractivity contribution in [1.82, 2.24) is 19.6 Å². The van der Waals surface area contributed by atoms with Gasteiger partial charge in [0, 0.05) is 49.3 Å². The normalized spacial score (nSPS) is 14.2. The van der Waals surface area contributed by atoms with Crippen LogP contribution in [0.2, 0.25) is 0 Å². The SMILES string of the molecule is CNS(=O)(=O)c1cccc(Nc2cc(Nc3cccc(N4CCN(C)CC4)c3)ncn2)c1.O=C(O)C(F)(F)F. The molecule has 0 spiro atoms. The summed E-state index contributed by atoms with van der Waals surface area (Å²) >= 11 is 0. The Balaban J connectivity index is 0.000000532. The Labute approximate surface area is 223 Å². The highest BCUT2D eigenvalue weighted by Gasteiger charge is 2.38. The molecule has 0 atom stereocenters. The smallest absolute Gasteiger partial charge is 0.475 e. The van der Waals surface area contributed by atoms with Crippen LogP contribution in [-0.4, -0.2) is 80.8 Å². The Morgan fingerprint density at radius 1 is 0.923 bits per heavy atom. The second kappa shape index (κ2) is 12.7. The first-order valence-electron chi connectivity index (χ1n) is 11.6. The standard InChI is InChI=1S/C22H27N7O2S.C2HF3O2/c1-23-32(30,31)20-8-4-6-18(14-20)27-22-15-21(24-16-25-22)26-17-5-3-7-19(13-17)29-11-9-28(2)10-12-29;3-2(4,5)1(6)7/h3-8,13-16,23H,9-12H2,1-2H3,(H2,24,25,26,27);(H,6,7). The first-order valence-corrected chi connectivity index (χ1v) is 13.1. The second-order valence-corrected chi connectivity index (χ2v) is 10.3. The van der Waals surface area contributed by atoms with Crippen LogP contribution in [0.3, 0.4) is 0 Å². The van der Waals surface area contributed by atoms with Crippen LogP contribution in [0, 0.1) is 0 Å². The fourth-order valence-electron chi connectivity index (χ4n) is 3.49. The minimum Gasteiger partial charge on any atom is -0.475 e. The van der Waals surface area contributed by atoms with Crippen molar-refractivity contribution < 1.29 is 31.5 Å². The second-order valence-electron chi connectivity index (χ2n) is 8.42. The van der Waals surface area contributed by atoms with Crippen LogP contribution in [0.1, 0.15) is 0 Å². The number of sulfonamides is 1. The van der Waals surface area contributed by atoms with Crippen LogP contribution < -0.4 is 20.3 Å². The van der Waals surface area contributed by atoms with Crippen LogP contribution in [0.25, 0.3) is 0 Å². The average molecular weight is 568 g/mol. The van der Waals surface area contributed by atoms with E-state index in [0.29, 0.717) is 17.3 Å². The summed E-state index contributed by atoms with van der Waals surface area (Å²) in [4.78, 5) is 22.3. The predicted octanol–water partition coefficient (Wildman–Crippen LogP) is 3.26. The number of likely N-dealkylation sites (N-methyl/N-ethyl adjacent to an activating group) is 1. The van der Waals surface area contributed by atoms with Gasteiger partial charge in [0.25, 0.3) is 0 Å². The molecule has 4 rings (SSSR count). The highest BCUT2D eigenvalue weighted by atomic mass is 32.2. The highest BCUT2D eigenvalue weighted by Crippen LogP contribution is 2.25. The number of nitrogens with one attached hydrogen (secondary N) is 3. The molecular weight excluding hydrogens is 539 g/mol. The zero-order valence-electron chi connectivity index (χ0n) is 21.1. The van der Waals surface area contributed by atoms with E-state index in [0.717, 1.165) is 31.9 Å². The molecule has 0 radical (unpaired) electrons. The number of rotatable bonds is 7. The van der Waals surface area contributed by atoms with Gasteiger partial charge >= 0.3 is 12.1 Å². The number of hydrogen-bond donors (Lipinski definition) is 4. The van der Waals surface area contributed by atoms with Crippen molar-refractivity contribution >= 4 is 44.7 Å². The van der Waals surface area contributed by atoms with Crippen molar-refractivity contribution in [3.05, 3.63) is 60.9 Å². The van der Waals surface area contributed by atoms with Crippen molar-refractivity contribution in [2.75, 3.05) is 55.8 Å². The van der Waals surface area contributed by atoms with Crippen LogP contribution in [0.15, 0.2) is 65.8 Å². The third-order valence-electron chi connectivity index (χ3n) is 5.58. The number of carboxylic acids is 1. The van der Waals surface area contributed by atoms with Gasteiger partial charge in [0.1, 0.15) is 18.0 Å². The molecule has 39 heavy (non-hydrogen) atoms. The van der Waals surface area contributed by atoms with Gasteiger partial charge in [-0.15, -0.1) is 0 Å². The van der Waals surface area contributed by atoms with E-state index in [4.69, 9.17) is 9.90 Å². The predicted molar refractivity (Wildman–Crippen MR) is 141 cm³/mol. The van der Waals surface area contributed by atoms with Gasteiger partial charge in [-0.25, -0.2) is 27.9 Å². The molecule has 0 amide bonds. The van der Waals surface area contributed by atoms with Gasteiger partial charge in [-0.05, 0) is 50.5 Å². The van der Waals surface area contributed by atoms with E-state index >= 15 is 0 Å². The molecule has 4 N–H and O–H groups in total. The molecule has 1 aromatic heterocycles. The number of halogens is 3. The zero-order valence-corrected chi connectivity index (χ0v) is 21.9. The minimum absolute atomic E-state index is 0.179. The Morgan fingerprint density at radius 2 is 1.46 bits per heavy atom. The quantitative estimate of drug-likeness (QED) is 0.336. The number of carboxylic acid groups (broad SMARTS) is 1. The summed E-state index contributed by atoms with van der Waals surface area (Å²) in [5.41, 5.74) is 2.73. The maximum atomic E-state index is 12.0. The molecule has 11 nitrogen and oxygen atoms in total. The van der Waals surface area contributed by atoms with E-state index < -0.39 is 22.2 Å². The van der Waals surface area contributed by atoms with E-state index in [1.807, 2.05) is 12.1 Å². The van der Waals surface area contributed by atoms with Gasteiger partial charge in [-0.1, -0.05) is 12.1 Å². The Bertz CT molecular complexity index is 1380. The van der Waals surface area contributed by atoms with Gasteiger partial charge in [0.05, 0.1) is 4.90 Å². The number of anilines is 5. The highest BCUT2D eigenvalue weighted by molar-refractivity contribution is 7.89. The maximum Gasteiger partial charge on any atom is 0.490 e. The first kappa shape index (κ1) is 29.6. The van der Waals surface area contributed by atoms with Crippen molar-refractivity contribution in [2.24, 2.45) is 0 Å². The van der Waals surface area contributed by atoms with Crippen molar-refractivity contribution in [2.45, 2.75) is 11.1 Å². The lowest BCUT2D eigenvalue weighted by Crippen LogP contribution is -2.44. The van der Waals surface area contributed by atoms with Gasteiger partial charge in [-0.3, -0.25) is 0 Å². The van der Waals surface area contributed by atoms with Crippen LogP contribution in [0.4, 0.5) is 41.9 Å². The molecule has 1 aliphatic heterocycles. The van der Waals surface area contributed by atoms with Crippen LogP contribution in [-0.2, 0) is 14.8 Å². The maximum absolute atomic E-state index is 12.0. The third kappa shape index (κ3) is 8.80. The van der Waals surface area contributed by atoms with Crippen LogP contribution in [0.5, 0.6) is 0 Å². The fourth-order valence-corrected chi connectivity index (χ4v) is 4.27. The monoisotopic (exact) mass is 567 g/mol. The molecule has 1 saturated heterocycles. The number of nitrogens with zero attached hydrogens (tertiary/aromatic N) is 4. The topological polar surface area (TPSA) is 140 Å². The number of piperazine rings is 1. The molecule has 0 bridgehead atoms. The van der Waals surface area contributed by atoms with Gasteiger partial charge < -0.3 is 25.5 Å². The molecule has 1 fully saturated rings. The molecule has 210 valence electrons. The Morgan fingerprint density at radius 3 is 2.00 bits per heavy atom. The summed E-state index contributed by atoms with van der Waals surface area (Å²) in [7, 11) is 0.0101. The largest absolute Gasteiger partial charge is 0.490 e. The molecule has 2 aromatic carbocycles. The lowest BCUT2D eigenvalue weighted by atomic mass is 10.2. The average Bonchev–Trinajstić information content (AvgIpc) is 2.89. The summed E-state index contributed by atoms with van der Waals surface area (Å²) in [6, 6.07) is 16.6. The number of aromatic nitrogens is 2. The van der Waals surface area contributed by atoms with E-state index in [1.54, 1.807) is 24.3 Å². The summed E-state index contributed by atoms with van der Waals surface area (Å²) in [6.07, 6.45) is -3.62. The molecular formula is C24H28F3N7O4S. The van der Waals surface area contributed by atoms with Crippen LogP contribution >= 0.6 is 0 Å². The number of aliphatic carboxylic acids is 1. The van der Waals surface area contributed by atoms with Crippen molar-refractivity contribution in [3.8, 4) is 0 Å². The molecule has 15 heteroatoms. The van der Waals surface area contributed by atoms with E-state index in [2.05, 4.69) is 54.3 Å². The van der Waals surface area contributed by atoms with Crippen molar-refractivity contribution in [3.63, 3.8) is 0 Å². The summed E-state index contributed by atoms with van der Waals surface area (Å²) in [5, 5.41) is 13.6. The van der Waals surface area contributed by atoms with Crippen molar-refractivity contribution in [1.29, 1.82) is 0 Å². The van der Waals surface area contributed by atoms with E-state index in [9.17, 15) is 21.6 Å². The molecule has 0 aliphatic carbocycles. The van der Waals surface area contributed by atoms with Gasteiger partial charge in [-0.2, -0.15) is 13.2 Å². The lowest BCUT2D eigenvalue weighted by Gasteiger charge is -2.34. The molecule has 3 aromatic rings. The molecule has 0 unspecified atom stereocenters. The summed E-state index contributed by atoms with van der Waals surface area (Å²) in [6.45, 7) is 4.11. The Hall–Kier alpha value is -3.95. The fraction of sp³-hybridized carbons (Fsp3) is 0.292. The molecule has 2 heterocycles. The summed E-state index contributed by atoms with van der Waals surface area (Å²) < 4.78 is 58.1. The molecule has 1 aliphatic rings. The number of benzene rings is 2. The van der Waals surface area contributed by atoms with E-state index in [-0.39, 0.29) is 4.90 Å². The lowest BCUT2D eigenvalue weighted by molar-refractivity contribution is -0.192. The number of hydrogen-bond acceptors (Lipinski definition) is 9. The first-order chi connectivity index (χ1) is 18.4. The zero-order chi connectivity index (χ0) is 28.6. The van der Waals surface area contributed by atoms with Gasteiger partial charge in [0.15, 0.2) is 0 Å².